The third-order valence-electron chi connectivity index (χ3n) is 3.46. The Bertz CT molecular complexity index is 1000. The van der Waals surface area contributed by atoms with Crippen LogP contribution in [0.4, 0.5) is 0 Å². The number of benzene rings is 2. The van der Waals surface area contributed by atoms with Crippen LogP contribution in [0, 0.1) is 0 Å². The maximum atomic E-state index is 12.6. The van der Waals surface area contributed by atoms with E-state index in [2.05, 4.69) is 0 Å². The minimum absolute atomic E-state index is 0.142. The topological polar surface area (TPSA) is 60.4 Å². The zero-order valence-corrected chi connectivity index (χ0v) is 14.0. The van der Waals surface area contributed by atoms with Crippen LogP contribution in [0.2, 0.25) is 0 Å². The Kier molecular flexibility index (Phi) is 4.19. The summed E-state index contributed by atoms with van der Waals surface area (Å²) in [5, 5.41) is 0.755. The van der Waals surface area contributed by atoms with Crippen molar-refractivity contribution in [3.63, 3.8) is 0 Å². The van der Waals surface area contributed by atoms with Gasteiger partial charge in [-0.15, -0.1) is 0 Å². The summed E-state index contributed by atoms with van der Waals surface area (Å²) in [6.45, 7) is 0. The van der Waals surface area contributed by atoms with Crippen LogP contribution in [0.5, 0.6) is 5.75 Å². The third-order valence-corrected chi connectivity index (χ3v) is 6.27. The van der Waals surface area contributed by atoms with E-state index < -0.39 is 14.6 Å². The van der Waals surface area contributed by atoms with E-state index in [4.69, 9.17) is 4.74 Å². The molecular weight excluding hydrogens is 332 g/mol. The Morgan fingerprint density at radius 3 is 2.43 bits per heavy atom. The molecule has 1 aromatic heterocycles. The van der Waals surface area contributed by atoms with Gasteiger partial charge in [-0.2, -0.15) is 0 Å². The van der Waals surface area contributed by atoms with E-state index in [1.165, 1.54) is 6.07 Å². The molecule has 4 nitrogen and oxygen atoms in total. The number of ether oxygens (including phenoxy) is 1. The average molecular weight is 346 g/mol. The maximum Gasteiger partial charge on any atom is 0.251 e. The van der Waals surface area contributed by atoms with Crippen LogP contribution in [0.3, 0.4) is 0 Å². The molecule has 1 heterocycles. The molecule has 0 saturated heterocycles. The van der Waals surface area contributed by atoms with E-state index >= 15 is 0 Å². The Morgan fingerprint density at radius 1 is 1.04 bits per heavy atom. The van der Waals surface area contributed by atoms with Gasteiger partial charge in [0.25, 0.3) is 4.74 Å². The van der Waals surface area contributed by atoms with E-state index in [-0.39, 0.29) is 10.6 Å². The van der Waals surface area contributed by atoms with Crippen molar-refractivity contribution in [1.29, 1.82) is 0 Å². The second-order valence-corrected chi connectivity index (χ2v) is 8.02. The lowest BCUT2D eigenvalue weighted by Crippen LogP contribution is -2.14. The Hall–Kier alpha value is -2.18. The molecule has 23 heavy (non-hydrogen) atoms. The van der Waals surface area contributed by atoms with Crippen LogP contribution >= 0.6 is 11.3 Å². The molecule has 0 aliphatic carbocycles. The van der Waals surface area contributed by atoms with Crippen molar-refractivity contribution >= 4 is 31.3 Å². The first-order valence-corrected chi connectivity index (χ1v) is 9.35. The van der Waals surface area contributed by atoms with E-state index in [0.717, 1.165) is 21.4 Å². The number of fused-ring (bicyclic) bond motifs is 1. The molecule has 3 rings (SSSR count). The molecule has 0 amide bonds. The monoisotopic (exact) mass is 346 g/mol. The van der Waals surface area contributed by atoms with Gasteiger partial charge in [-0.05, 0) is 35.2 Å². The summed E-state index contributed by atoms with van der Waals surface area (Å²) < 4.78 is 30.6. The van der Waals surface area contributed by atoms with Crippen molar-refractivity contribution in [1.82, 2.24) is 0 Å². The van der Waals surface area contributed by atoms with Gasteiger partial charge in [-0.3, -0.25) is 4.79 Å². The minimum atomic E-state index is -3.70. The highest BCUT2D eigenvalue weighted by atomic mass is 32.2. The summed E-state index contributed by atoms with van der Waals surface area (Å²) in [6.07, 6.45) is 0. The number of rotatable bonds is 4. The lowest BCUT2D eigenvalue weighted by molar-refractivity contribution is 0.414. The fraction of sp³-hybridized carbons (Fsp3) is 0.118. The zero-order chi connectivity index (χ0) is 16.4. The molecule has 118 valence electrons. The average Bonchev–Trinajstić information content (AvgIpc) is 2.54. The van der Waals surface area contributed by atoms with Crippen molar-refractivity contribution in [2.75, 3.05) is 7.11 Å². The predicted molar refractivity (Wildman–Crippen MR) is 92.0 cm³/mol. The zero-order valence-electron chi connectivity index (χ0n) is 12.4. The molecule has 0 N–H and O–H groups in total. The summed E-state index contributed by atoms with van der Waals surface area (Å²) in [7, 11) is -2.15. The second-order valence-electron chi connectivity index (χ2n) is 5.04. The van der Waals surface area contributed by atoms with Gasteiger partial charge in [0.1, 0.15) is 10.6 Å². The third kappa shape index (κ3) is 3.28. The first kappa shape index (κ1) is 15.7. The molecule has 3 aromatic rings. The quantitative estimate of drug-likeness (QED) is 0.728. The Labute approximate surface area is 137 Å². The number of sulfone groups is 1. The Morgan fingerprint density at radius 2 is 1.74 bits per heavy atom. The summed E-state index contributed by atoms with van der Waals surface area (Å²) >= 11 is 0.957. The van der Waals surface area contributed by atoms with Crippen LogP contribution < -0.4 is 9.48 Å². The second kappa shape index (κ2) is 6.14. The van der Waals surface area contributed by atoms with Gasteiger partial charge in [0, 0.05) is 4.70 Å². The summed E-state index contributed by atoms with van der Waals surface area (Å²) in [6, 6.07) is 15.5. The van der Waals surface area contributed by atoms with Gasteiger partial charge in [0.2, 0.25) is 0 Å². The van der Waals surface area contributed by atoms with Crippen LogP contribution in [-0.4, -0.2) is 15.5 Å². The van der Waals surface area contributed by atoms with Crippen LogP contribution in [0.25, 0.3) is 10.1 Å². The van der Waals surface area contributed by atoms with Gasteiger partial charge in [0.05, 0.1) is 12.9 Å². The molecule has 2 aromatic carbocycles. The van der Waals surface area contributed by atoms with Gasteiger partial charge in [0.15, 0.2) is 9.84 Å². The van der Waals surface area contributed by atoms with Crippen LogP contribution in [0.15, 0.2) is 64.3 Å². The molecule has 0 aliphatic heterocycles. The van der Waals surface area contributed by atoms with E-state index in [0.29, 0.717) is 11.3 Å². The predicted octanol–water partition coefficient (Wildman–Crippen LogP) is 3.24. The molecule has 0 radical (unpaired) electrons. The molecule has 0 bridgehead atoms. The molecule has 0 fully saturated rings. The van der Waals surface area contributed by atoms with E-state index in [9.17, 15) is 13.2 Å². The van der Waals surface area contributed by atoms with Gasteiger partial charge in [-0.25, -0.2) is 8.42 Å². The molecule has 0 aliphatic rings. The van der Waals surface area contributed by atoms with Crippen molar-refractivity contribution in [2.24, 2.45) is 0 Å². The molecule has 0 spiro atoms. The van der Waals surface area contributed by atoms with Gasteiger partial charge in [-0.1, -0.05) is 41.7 Å². The highest BCUT2D eigenvalue weighted by Gasteiger charge is 2.20. The van der Waals surface area contributed by atoms with Crippen molar-refractivity contribution in [3.8, 4) is 5.75 Å². The number of methoxy groups -OCH3 is 1. The smallest absolute Gasteiger partial charge is 0.251 e. The van der Waals surface area contributed by atoms with E-state index in [1.807, 2.05) is 12.1 Å². The highest BCUT2D eigenvalue weighted by Crippen LogP contribution is 2.22. The lowest BCUT2D eigenvalue weighted by atomic mass is 10.2. The van der Waals surface area contributed by atoms with Crippen molar-refractivity contribution in [2.45, 2.75) is 10.6 Å². The summed E-state index contributed by atoms with van der Waals surface area (Å²) in [5.74, 6) is 0.445. The summed E-state index contributed by atoms with van der Waals surface area (Å²) in [4.78, 5) is 12.0. The lowest BCUT2D eigenvalue weighted by Gasteiger charge is -2.06. The molecular formula is C17H14O4S2. The highest BCUT2D eigenvalue weighted by molar-refractivity contribution is 7.90. The van der Waals surface area contributed by atoms with Gasteiger partial charge >= 0.3 is 0 Å². The minimum Gasteiger partial charge on any atom is -0.497 e. The van der Waals surface area contributed by atoms with E-state index in [1.54, 1.807) is 43.5 Å². The summed E-state index contributed by atoms with van der Waals surface area (Å²) in [5.41, 5.74) is 0.614. The molecule has 6 heteroatoms. The number of hydrogen-bond donors (Lipinski definition) is 0. The number of hydrogen-bond acceptors (Lipinski definition) is 5. The standard InChI is InChI=1S/C17H14O4S2/c1-21-14-8-6-12(7-9-14)11-23(19,20)16-10-13-4-2-3-5-15(13)22-17(16)18/h2-10H,11H2,1H3. The normalized spacial score (nSPS) is 11.5. The fourth-order valence-corrected chi connectivity index (χ4v) is 4.88. The fourth-order valence-electron chi connectivity index (χ4n) is 2.28. The SMILES string of the molecule is COc1ccc(CS(=O)(=O)c2cc3ccccc3sc2=O)cc1. The van der Waals surface area contributed by atoms with Crippen LogP contribution in [0.1, 0.15) is 5.56 Å². The van der Waals surface area contributed by atoms with Crippen LogP contribution in [-0.2, 0) is 15.6 Å². The first-order valence-electron chi connectivity index (χ1n) is 6.88. The van der Waals surface area contributed by atoms with Crippen molar-refractivity contribution < 1.29 is 13.2 Å². The largest absolute Gasteiger partial charge is 0.497 e. The maximum absolute atomic E-state index is 12.6. The van der Waals surface area contributed by atoms with Crippen molar-refractivity contribution in [3.05, 3.63) is 69.7 Å². The van der Waals surface area contributed by atoms with Gasteiger partial charge < -0.3 is 4.74 Å². The molecule has 0 atom stereocenters. The molecule has 0 unspecified atom stereocenters. The first-order chi connectivity index (χ1) is 11.0. The Balaban J connectivity index is 2.01. The molecule has 0 saturated carbocycles.